The van der Waals surface area contributed by atoms with E-state index in [-0.39, 0.29) is 0 Å². The molecule has 0 aliphatic heterocycles. The number of rotatable bonds is 2. The van der Waals surface area contributed by atoms with Gasteiger partial charge in [-0.15, -0.1) is 0 Å². The number of hydrogen-bond donors (Lipinski definition) is 1. The lowest BCUT2D eigenvalue weighted by molar-refractivity contribution is 0.139. The molecular weight excluding hydrogens is 301 g/mol. The number of pyridine rings is 1. The van der Waals surface area contributed by atoms with E-state index in [2.05, 4.69) is 26.1 Å². The Bertz CT molecular complexity index is 491. The fraction of sp³-hybridized carbons (Fsp3) is 0.167. The van der Waals surface area contributed by atoms with Crippen LogP contribution >= 0.6 is 15.9 Å². The van der Waals surface area contributed by atoms with E-state index in [4.69, 9.17) is 0 Å². The van der Waals surface area contributed by atoms with Crippen LogP contribution < -0.4 is 5.14 Å². The van der Waals surface area contributed by atoms with Crippen LogP contribution in [0.4, 0.5) is 13.2 Å². The molecule has 0 bridgehead atoms. The maximum atomic E-state index is 13.0. The Balaban J connectivity index is 3.50. The Morgan fingerprint density at radius 2 is 2.00 bits per heavy atom. The van der Waals surface area contributed by atoms with Gasteiger partial charge >= 0.3 is 0 Å². The lowest BCUT2D eigenvalue weighted by Gasteiger charge is -2.05. The first-order valence-electron chi connectivity index (χ1n) is 3.40. The summed E-state index contributed by atoms with van der Waals surface area (Å²) in [7, 11) is -4.24. The summed E-state index contributed by atoms with van der Waals surface area (Å²) in [5.74, 6) is -1.31. The van der Waals surface area contributed by atoms with Crippen LogP contribution in [0.25, 0.3) is 0 Å². The van der Waals surface area contributed by atoms with Gasteiger partial charge in [0, 0.05) is 0 Å². The van der Waals surface area contributed by atoms with Gasteiger partial charge in [0.2, 0.25) is 0 Å². The fourth-order valence-electron chi connectivity index (χ4n) is 0.785. The van der Waals surface area contributed by atoms with Crippen molar-refractivity contribution in [3.05, 3.63) is 22.1 Å². The molecule has 9 heteroatoms. The van der Waals surface area contributed by atoms with Crippen molar-refractivity contribution in [1.82, 2.24) is 4.98 Å². The Hall–Kier alpha value is -0.670. The second kappa shape index (κ2) is 4.06. The molecule has 1 rings (SSSR count). The monoisotopic (exact) mass is 304 g/mol. The van der Waals surface area contributed by atoms with E-state index in [9.17, 15) is 21.6 Å². The molecule has 0 aliphatic carbocycles. The zero-order valence-electron chi connectivity index (χ0n) is 6.92. The Kier molecular flexibility index (Phi) is 3.36. The van der Waals surface area contributed by atoms with Gasteiger partial charge in [-0.2, -0.15) is 0 Å². The summed E-state index contributed by atoms with van der Waals surface area (Å²) < 4.78 is 58.6. The largest absolute Gasteiger partial charge is 0.283 e. The van der Waals surface area contributed by atoms with Gasteiger partial charge in [0.15, 0.2) is 10.8 Å². The third-order valence-electron chi connectivity index (χ3n) is 1.41. The van der Waals surface area contributed by atoms with Crippen molar-refractivity contribution in [2.75, 3.05) is 0 Å². The zero-order chi connectivity index (χ0) is 11.8. The lowest BCUT2D eigenvalue weighted by atomic mass is 10.3. The van der Waals surface area contributed by atoms with E-state index in [1.165, 1.54) is 0 Å². The summed E-state index contributed by atoms with van der Waals surface area (Å²) in [5.41, 5.74) is -1.26. The van der Waals surface area contributed by atoms with Crippen LogP contribution in [0.3, 0.4) is 0 Å². The topological polar surface area (TPSA) is 73.1 Å². The third kappa shape index (κ3) is 2.67. The van der Waals surface area contributed by atoms with E-state index < -0.39 is 37.5 Å². The molecule has 0 fully saturated rings. The van der Waals surface area contributed by atoms with Gasteiger partial charge in [0.05, 0.1) is 4.47 Å². The summed E-state index contributed by atoms with van der Waals surface area (Å²) in [6, 6.07) is 0.719. The number of aromatic nitrogens is 1. The summed E-state index contributed by atoms with van der Waals surface area (Å²) in [6.45, 7) is 0. The lowest BCUT2D eigenvalue weighted by Crippen LogP contribution is -2.15. The van der Waals surface area contributed by atoms with Crippen molar-refractivity contribution < 1.29 is 21.6 Å². The quantitative estimate of drug-likeness (QED) is 0.901. The van der Waals surface area contributed by atoms with Crippen LogP contribution in [0, 0.1) is 5.82 Å². The zero-order valence-corrected chi connectivity index (χ0v) is 9.32. The minimum absolute atomic E-state index is 0.433. The van der Waals surface area contributed by atoms with Gasteiger partial charge in [-0.1, -0.05) is 0 Å². The van der Waals surface area contributed by atoms with Gasteiger partial charge in [0.25, 0.3) is 16.4 Å². The van der Waals surface area contributed by atoms with E-state index >= 15 is 0 Å². The highest BCUT2D eigenvalue weighted by molar-refractivity contribution is 9.10. The normalized spacial score (nSPS) is 12.1. The highest BCUT2D eigenvalue weighted by atomic mass is 79.9. The molecule has 1 aromatic heterocycles. The predicted molar refractivity (Wildman–Crippen MR) is 48.2 cm³/mol. The molecule has 1 heterocycles. The number of nitrogens with two attached hydrogens (primary N) is 1. The smallest absolute Gasteiger partial charge is 0.231 e. The molecule has 0 saturated heterocycles. The van der Waals surface area contributed by atoms with Crippen molar-refractivity contribution >= 4 is 26.0 Å². The van der Waals surface area contributed by atoms with Crippen LogP contribution in [0.1, 0.15) is 12.1 Å². The van der Waals surface area contributed by atoms with Gasteiger partial charge in [0.1, 0.15) is 5.69 Å². The molecule has 0 unspecified atom stereocenters. The molecule has 0 radical (unpaired) electrons. The number of nitrogens with zero attached hydrogens (tertiary/aromatic N) is 1. The molecule has 0 atom stereocenters. The van der Waals surface area contributed by atoms with Crippen LogP contribution in [0.15, 0.2) is 15.6 Å². The molecule has 84 valence electrons. The molecular formula is C6H4BrF3N2O2S. The van der Waals surface area contributed by atoms with E-state index in [1.54, 1.807) is 0 Å². The molecule has 2 N–H and O–H groups in total. The molecule has 0 amide bonds. The van der Waals surface area contributed by atoms with Crippen molar-refractivity contribution in [1.29, 1.82) is 0 Å². The standard InChI is InChI=1S/C6H4BrF3N2O2S/c7-2-1-3(15(11,13)14)12-5(4(2)8)6(9)10/h1,6H,(H2,11,13,14). The Labute approximate surface area is 91.5 Å². The van der Waals surface area contributed by atoms with Crippen LogP contribution in [0.2, 0.25) is 0 Å². The molecule has 4 nitrogen and oxygen atoms in total. The van der Waals surface area contributed by atoms with Crippen molar-refractivity contribution in [3.8, 4) is 0 Å². The highest BCUT2D eigenvalue weighted by Crippen LogP contribution is 2.27. The molecule has 0 aliphatic rings. The van der Waals surface area contributed by atoms with Gasteiger partial charge in [-0.05, 0) is 22.0 Å². The third-order valence-corrected chi connectivity index (χ3v) is 2.78. The van der Waals surface area contributed by atoms with E-state index in [0.29, 0.717) is 0 Å². The molecule has 15 heavy (non-hydrogen) atoms. The maximum absolute atomic E-state index is 13.0. The summed E-state index contributed by atoms with van der Waals surface area (Å²) >= 11 is 2.59. The average Bonchev–Trinajstić information content (AvgIpc) is 2.06. The van der Waals surface area contributed by atoms with Crippen LogP contribution in [0.5, 0.6) is 0 Å². The fourth-order valence-corrected chi connectivity index (χ4v) is 1.86. The minimum Gasteiger partial charge on any atom is -0.231 e. The number of alkyl halides is 2. The summed E-state index contributed by atoms with van der Waals surface area (Å²) in [6.07, 6.45) is -3.22. The second-order valence-electron chi connectivity index (χ2n) is 2.49. The molecule has 0 spiro atoms. The Morgan fingerprint density at radius 1 is 1.47 bits per heavy atom. The minimum atomic E-state index is -4.24. The summed E-state index contributed by atoms with van der Waals surface area (Å²) in [4.78, 5) is 2.94. The molecule has 0 saturated carbocycles. The number of hydrogen-bond acceptors (Lipinski definition) is 3. The van der Waals surface area contributed by atoms with E-state index in [0.717, 1.165) is 6.07 Å². The van der Waals surface area contributed by atoms with E-state index in [1.807, 2.05) is 0 Å². The Morgan fingerprint density at radius 3 is 2.40 bits per heavy atom. The first-order chi connectivity index (χ1) is 6.73. The molecule has 0 aromatic carbocycles. The van der Waals surface area contributed by atoms with Crippen molar-refractivity contribution in [3.63, 3.8) is 0 Å². The van der Waals surface area contributed by atoms with Crippen LogP contribution in [-0.2, 0) is 10.0 Å². The average molecular weight is 305 g/mol. The van der Waals surface area contributed by atoms with Crippen LogP contribution in [-0.4, -0.2) is 13.4 Å². The SMILES string of the molecule is NS(=O)(=O)c1cc(Br)c(F)c(C(F)F)n1. The number of sulfonamides is 1. The second-order valence-corrected chi connectivity index (χ2v) is 4.85. The highest BCUT2D eigenvalue weighted by Gasteiger charge is 2.22. The van der Waals surface area contributed by atoms with Gasteiger partial charge < -0.3 is 0 Å². The van der Waals surface area contributed by atoms with Gasteiger partial charge in [-0.3, -0.25) is 0 Å². The summed E-state index contributed by atoms with van der Waals surface area (Å²) in [5, 5.41) is 3.85. The predicted octanol–water partition coefficient (Wildman–Crippen LogP) is 1.57. The first-order valence-corrected chi connectivity index (χ1v) is 5.74. The number of halogens is 4. The number of primary sulfonamides is 1. The van der Waals surface area contributed by atoms with Gasteiger partial charge in [-0.25, -0.2) is 31.7 Å². The molecule has 1 aromatic rings. The van der Waals surface area contributed by atoms with Crippen molar-refractivity contribution in [2.45, 2.75) is 11.5 Å². The maximum Gasteiger partial charge on any atom is 0.283 e. The van der Waals surface area contributed by atoms with Crippen molar-refractivity contribution in [2.24, 2.45) is 5.14 Å². The first kappa shape index (κ1) is 12.4.